The van der Waals surface area contributed by atoms with Gasteiger partial charge in [0.25, 0.3) is 5.91 Å². The van der Waals surface area contributed by atoms with Crippen LogP contribution in [0.1, 0.15) is 15.9 Å². The van der Waals surface area contributed by atoms with Gasteiger partial charge in [-0.3, -0.25) is 4.79 Å². The standard InChI is InChI=1S/C16H16N2O3S/c1-18(16(19)12-4-3-7-17-15(12)22-2)9-11-5-6-13-14(8-11)21-10-20-13/h3-8H,9-10H2,1-2H3. The van der Waals surface area contributed by atoms with Gasteiger partial charge in [0.2, 0.25) is 6.79 Å². The number of benzene rings is 1. The molecule has 1 aromatic carbocycles. The number of amides is 1. The van der Waals surface area contributed by atoms with Crippen LogP contribution >= 0.6 is 11.8 Å². The number of pyridine rings is 1. The summed E-state index contributed by atoms with van der Waals surface area (Å²) >= 11 is 1.47. The van der Waals surface area contributed by atoms with Crippen LogP contribution in [-0.4, -0.2) is 35.9 Å². The first kappa shape index (κ1) is 14.7. The van der Waals surface area contributed by atoms with Crippen molar-refractivity contribution < 1.29 is 14.3 Å². The third kappa shape index (κ3) is 2.87. The van der Waals surface area contributed by atoms with Crippen molar-refractivity contribution in [1.29, 1.82) is 0 Å². The van der Waals surface area contributed by atoms with E-state index in [1.807, 2.05) is 24.5 Å². The van der Waals surface area contributed by atoms with Gasteiger partial charge in [0.1, 0.15) is 5.03 Å². The minimum Gasteiger partial charge on any atom is -0.454 e. The molecule has 0 bridgehead atoms. The molecule has 114 valence electrons. The summed E-state index contributed by atoms with van der Waals surface area (Å²) in [7, 11) is 1.78. The van der Waals surface area contributed by atoms with Gasteiger partial charge in [-0.25, -0.2) is 4.98 Å². The van der Waals surface area contributed by atoms with Crippen molar-refractivity contribution >= 4 is 17.7 Å². The van der Waals surface area contributed by atoms with Crippen LogP contribution in [0, 0.1) is 0 Å². The topological polar surface area (TPSA) is 51.7 Å². The molecule has 0 saturated carbocycles. The lowest BCUT2D eigenvalue weighted by atomic mass is 10.1. The van der Waals surface area contributed by atoms with Crippen LogP contribution in [0.5, 0.6) is 11.5 Å². The van der Waals surface area contributed by atoms with Crippen molar-refractivity contribution in [3.63, 3.8) is 0 Å². The van der Waals surface area contributed by atoms with Gasteiger partial charge in [-0.2, -0.15) is 0 Å². The maximum Gasteiger partial charge on any atom is 0.256 e. The fourth-order valence-electron chi connectivity index (χ4n) is 2.31. The van der Waals surface area contributed by atoms with Crippen molar-refractivity contribution in [2.24, 2.45) is 0 Å². The van der Waals surface area contributed by atoms with E-state index in [9.17, 15) is 4.79 Å². The molecule has 1 amide bonds. The summed E-state index contributed by atoms with van der Waals surface area (Å²) in [5, 5.41) is 0.741. The summed E-state index contributed by atoms with van der Waals surface area (Å²) < 4.78 is 10.7. The Balaban J connectivity index is 1.76. The molecule has 5 nitrogen and oxygen atoms in total. The molecule has 1 aromatic heterocycles. The smallest absolute Gasteiger partial charge is 0.256 e. The molecule has 0 aliphatic carbocycles. The highest BCUT2D eigenvalue weighted by molar-refractivity contribution is 7.98. The Hall–Kier alpha value is -2.21. The first-order valence-electron chi connectivity index (χ1n) is 6.82. The number of hydrogen-bond donors (Lipinski definition) is 0. The number of carbonyl (C=O) groups is 1. The second kappa shape index (κ2) is 6.27. The molecule has 0 fully saturated rings. The van der Waals surface area contributed by atoms with Gasteiger partial charge in [-0.05, 0) is 36.1 Å². The molecule has 1 aliphatic rings. The Morgan fingerprint density at radius 1 is 1.32 bits per heavy atom. The van der Waals surface area contributed by atoms with Crippen LogP contribution in [-0.2, 0) is 6.54 Å². The predicted molar refractivity (Wildman–Crippen MR) is 84.4 cm³/mol. The number of nitrogens with zero attached hydrogens (tertiary/aromatic N) is 2. The highest BCUT2D eigenvalue weighted by atomic mass is 32.2. The van der Waals surface area contributed by atoms with Gasteiger partial charge in [-0.1, -0.05) is 6.07 Å². The summed E-state index contributed by atoms with van der Waals surface area (Å²) in [5.74, 6) is 1.43. The molecule has 0 atom stereocenters. The van der Waals surface area contributed by atoms with Crippen molar-refractivity contribution in [2.75, 3.05) is 20.1 Å². The molecule has 0 N–H and O–H groups in total. The van der Waals surface area contributed by atoms with E-state index in [2.05, 4.69) is 4.98 Å². The third-order valence-corrected chi connectivity index (χ3v) is 4.11. The molecule has 0 spiro atoms. The van der Waals surface area contributed by atoms with Crippen molar-refractivity contribution in [3.8, 4) is 11.5 Å². The lowest BCUT2D eigenvalue weighted by molar-refractivity contribution is 0.0780. The Kier molecular flexibility index (Phi) is 4.20. The molecule has 22 heavy (non-hydrogen) atoms. The number of thioether (sulfide) groups is 1. The normalized spacial score (nSPS) is 12.3. The quantitative estimate of drug-likeness (QED) is 0.812. The Labute approximate surface area is 133 Å². The fourth-order valence-corrected chi connectivity index (χ4v) is 2.85. The van der Waals surface area contributed by atoms with E-state index in [1.165, 1.54) is 11.8 Å². The van der Waals surface area contributed by atoms with Gasteiger partial charge in [0, 0.05) is 19.8 Å². The van der Waals surface area contributed by atoms with E-state index in [0.29, 0.717) is 12.1 Å². The highest BCUT2D eigenvalue weighted by Gasteiger charge is 2.18. The van der Waals surface area contributed by atoms with Gasteiger partial charge in [0.15, 0.2) is 11.5 Å². The minimum atomic E-state index is -0.0462. The molecule has 2 heterocycles. The van der Waals surface area contributed by atoms with Gasteiger partial charge >= 0.3 is 0 Å². The highest BCUT2D eigenvalue weighted by Crippen LogP contribution is 2.32. The largest absolute Gasteiger partial charge is 0.454 e. The van der Waals surface area contributed by atoms with Crippen LogP contribution in [0.25, 0.3) is 0 Å². The summed E-state index contributed by atoms with van der Waals surface area (Å²) in [6.45, 7) is 0.749. The molecule has 0 unspecified atom stereocenters. The molecular formula is C16H16N2O3S. The van der Waals surface area contributed by atoms with E-state index < -0.39 is 0 Å². The number of rotatable bonds is 4. The third-order valence-electron chi connectivity index (χ3n) is 3.40. The maximum absolute atomic E-state index is 12.6. The second-order valence-corrected chi connectivity index (χ2v) is 5.70. The number of aromatic nitrogens is 1. The Morgan fingerprint density at radius 3 is 2.95 bits per heavy atom. The number of carbonyl (C=O) groups excluding carboxylic acids is 1. The van der Waals surface area contributed by atoms with Crippen molar-refractivity contribution in [2.45, 2.75) is 11.6 Å². The zero-order valence-corrected chi connectivity index (χ0v) is 13.2. The van der Waals surface area contributed by atoms with E-state index in [0.717, 1.165) is 22.1 Å². The Bertz CT molecular complexity index is 706. The molecule has 0 radical (unpaired) electrons. The zero-order valence-electron chi connectivity index (χ0n) is 12.4. The summed E-state index contributed by atoms with van der Waals surface area (Å²) in [5.41, 5.74) is 1.62. The van der Waals surface area contributed by atoms with Crippen LogP contribution in [0.15, 0.2) is 41.6 Å². The average molecular weight is 316 g/mol. The SMILES string of the molecule is CSc1ncccc1C(=O)N(C)Cc1ccc2c(c1)OCO2. The average Bonchev–Trinajstić information content (AvgIpc) is 3.01. The molecule has 2 aromatic rings. The van der Waals surface area contributed by atoms with Crippen LogP contribution in [0.4, 0.5) is 0 Å². The summed E-state index contributed by atoms with van der Waals surface area (Å²) in [6.07, 6.45) is 3.61. The monoisotopic (exact) mass is 316 g/mol. The first-order valence-corrected chi connectivity index (χ1v) is 8.04. The van der Waals surface area contributed by atoms with Crippen LogP contribution in [0.2, 0.25) is 0 Å². The number of fused-ring (bicyclic) bond motifs is 1. The van der Waals surface area contributed by atoms with Crippen molar-refractivity contribution in [3.05, 3.63) is 47.7 Å². The van der Waals surface area contributed by atoms with Gasteiger partial charge < -0.3 is 14.4 Å². The van der Waals surface area contributed by atoms with E-state index in [-0.39, 0.29) is 12.7 Å². The summed E-state index contributed by atoms with van der Waals surface area (Å²) in [6, 6.07) is 9.30. The van der Waals surface area contributed by atoms with Crippen LogP contribution < -0.4 is 9.47 Å². The lowest BCUT2D eigenvalue weighted by Crippen LogP contribution is -2.26. The van der Waals surface area contributed by atoms with Crippen LogP contribution in [0.3, 0.4) is 0 Å². The lowest BCUT2D eigenvalue weighted by Gasteiger charge is -2.18. The Morgan fingerprint density at radius 2 is 2.14 bits per heavy atom. The zero-order chi connectivity index (χ0) is 15.5. The van der Waals surface area contributed by atoms with E-state index in [4.69, 9.17) is 9.47 Å². The van der Waals surface area contributed by atoms with Gasteiger partial charge in [-0.15, -0.1) is 11.8 Å². The van der Waals surface area contributed by atoms with E-state index >= 15 is 0 Å². The number of ether oxygens (including phenoxy) is 2. The fraction of sp³-hybridized carbons (Fsp3) is 0.250. The second-order valence-electron chi connectivity index (χ2n) is 4.91. The van der Waals surface area contributed by atoms with E-state index in [1.54, 1.807) is 30.3 Å². The maximum atomic E-state index is 12.6. The number of hydrogen-bond acceptors (Lipinski definition) is 5. The molecule has 6 heteroatoms. The van der Waals surface area contributed by atoms with Crippen molar-refractivity contribution in [1.82, 2.24) is 9.88 Å². The first-order chi connectivity index (χ1) is 10.7. The predicted octanol–water partition coefficient (Wildman–Crippen LogP) is 2.80. The molecule has 0 saturated heterocycles. The minimum absolute atomic E-state index is 0.0462. The van der Waals surface area contributed by atoms with Gasteiger partial charge in [0.05, 0.1) is 5.56 Å². The molecule has 1 aliphatic heterocycles. The molecular weight excluding hydrogens is 300 g/mol. The summed E-state index contributed by atoms with van der Waals surface area (Å²) in [4.78, 5) is 18.5. The molecule has 3 rings (SSSR count).